The maximum Gasteiger partial charge on any atom is 0.417 e. The van der Waals surface area contributed by atoms with Crippen molar-refractivity contribution in [1.82, 2.24) is 4.90 Å². The molecule has 0 fully saturated rings. The van der Waals surface area contributed by atoms with Gasteiger partial charge in [0.1, 0.15) is 6.61 Å². The van der Waals surface area contributed by atoms with Crippen LogP contribution < -0.4 is 0 Å². The predicted molar refractivity (Wildman–Crippen MR) is 53.3 cm³/mol. The van der Waals surface area contributed by atoms with Crippen LogP contribution in [0.15, 0.2) is 0 Å². The van der Waals surface area contributed by atoms with Gasteiger partial charge in [-0.25, -0.2) is 4.79 Å². The summed E-state index contributed by atoms with van der Waals surface area (Å²) < 4.78 is 4.48. The fourth-order valence-corrected chi connectivity index (χ4v) is 1.16. The number of likely N-dealkylation sites (N-methyl/N-ethyl adjacent to an activating group) is 1. The standard InChI is InChI=1S/C10H20NO2/c1-3-4-5-6-7-11(2)8-9-13-10-12/h3-9H2,1-2H3. The van der Waals surface area contributed by atoms with Crippen LogP contribution in [0, 0.1) is 0 Å². The van der Waals surface area contributed by atoms with Gasteiger partial charge < -0.3 is 9.64 Å². The molecule has 0 rings (SSSR count). The lowest BCUT2D eigenvalue weighted by molar-refractivity contribution is 0.216. The molecule has 0 aromatic heterocycles. The van der Waals surface area contributed by atoms with E-state index in [9.17, 15) is 4.79 Å². The van der Waals surface area contributed by atoms with Crippen LogP contribution >= 0.6 is 0 Å². The lowest BCUT2D eigenvalue weighted by Gasteiger charge is -2.14. The normalized spacial score (nSPS) is 10.4. The maximum atomic E-state index is 9.72. The zero-order valence-electron chi connectivity index (χ0n) is 8.71. The van der Waals surface area contributed by atoms with E-state index in [4.69, 9.17) is 0 Å². The summed E-state index contributed by atoms with van der Waals surface area (Å²) in [7, 11) is 2.04. The van der Waals surface area contributed by atoms with Gasteiger partial charge in [-0.05, 0) is 20.0 Å². The largest absolute Gasteiger partial charge is 0.456 e. The van der Waals surface area contributed by atoms with Crippen molar-refractivity contribution in [2.75, 3.05) is 26.7 Å². The van der Waals surface area contributed by atoms with E-state index in [0.29, 0.717) is 6.61 Å². The van der Waals surface area contributed by atoms with Gasteiger partial charge in [0.2, 0.25) is 0 Å². The molecule has 3 nitrogen and oxygen atoms in total. The Labute approximate surface area is 81.1 Å². The van der Waals surface area contributed by atoms with Crippen molar-refractivity contribution in [3.8, 4) is 0 Å². The Morgan fingerprint density at radius 1 is 1.23 bits per heavy atom. The van der Waals surface area contributed by atoms with Crippen molar-refractivity contribution in [3.05, 3.63) is 0 Å². The molecule has 0 aliphatic heterocycles. The van der Waals surface area contributed by atoms with Gasteiger partial charge in [-0.15, -0.1) is 0 Å². The number of carbonyl (C=O) groups excluding carboxylic acids is 1. The molecule has 0 amide bonds. The second-order valence-electron chi connectivity index (χ2n) is 3.30. The predicted octanol–water partition coefficient (Wildman–Crippen LogP) is 1.58. The third-order valence-corrected chi connectivity index (χ3v) is 2.03. The number of nitrogens with zero attached hydrogens (tertiary/aromatic N) is 1. The smallest absolute Gasteiger partial charge is 0.417 e. The van der Waals surface area contributed by atoms with Gasteiger partial charge in [0, 0.05) is 6.54 Å². The quantitative estimate of drug-likeness (QED) is 0.512. The van der Waals surface area contributed by atoms with Crippen LogP contribution in [0.25, 0.3) is 0 Å². The fourth-order valence-electron chi connectivity index (χ4n) is 1.16. The zero-order valence-corrected chi connectivity index (χ0v) is 8.71. The SMILES string of the molecule is CCCCCCN(C)CCO[C]=O. The molecule has 0 atom stereocenters. The molecule has 0 heterocycles. The Balaban J connectivity index is 3.09. The highest BCUT2D eigenvalue weighted by molar-refractivity contribution is 5.38. The Kier molecular flexibility index (Phi) is 9.10. The first kappa shape index (κ1) is 12.4. The van der Waals surface area contributed by atoms with Gasteiger partial charge in [-0.2, -0.15) is 0 Å². The van der Waals surface area contributed by atoms with Crippen molar-refractivity contribution in [2.24, 2.45) is 0 Å². The van der Waals surface area contributed by atoms with Crippen molar-refractivity contribution in [1.29, 1.82) is 0 Å². The number of ether oxygens (including phenoxy) is 1. The third kappa shape index (κ3) is 9.34. The fraction of sp³-hybridized carbons (Fsp3) is 0.900. The highest BCUT2D eigenvalue weighted by Gasteiger charge is 1.97. The molecule has 0 unspecified atom stereocenters. The molecular formula is C10H20NO2. The first-order valence-electron chi connectivity index (χ1n) is 4.98. The highest BCUT2D eigenvalue weighted by Crippen LogP contribution is 1.99. The van der Waals surface area contributed by atoms with Crippen molar-refractivity contribution >= 4 is 6.47 Å². The molecule has 13 heavy (non-hydrogen) atoms. The van der Waals surface area contributed by atoms with E-state index in [1.807, 2.05) is 7.05 Å². The summed E-state index contributed by atoms with van der Waals surface area (Å²) in [6.07, 6.45) is 5.11. The van der Waals surface area contributed by atoms with Gasteiger partial charge in [-0.1, -0.05) is 26.2 Å². The van der Waals surface area contributed by atoms with E-state index in [1.54, 1.807) is 0 Å². The number of hydrogen-bond acceptors (Lipinski definition) is 3. The number of unbranched alkanes of at least 4 members (excludes halogenated alkanes) is 3. The minimum atomic E-state index is 0.452. The number of rotatable bonds is 9. The summed E-state index contributed by atoms with van der Waals surface area (Å²) in [5.41, 5.74) is 0. The molecule has 77 valence electrons. The minimum absolute atomic E-state index is 0.452. The molecule has 0 aliphatic carbocycles. The average Bonchev–Trinajstić information content (AvgIpc) is 2.13. The Morgan fingerprint density at radius 2 is 2.00 bits per heavy atom. The molecule has 0 saturated carbocycles. The monoisotopic (exact) mass is 186 g/mol. The molecule has 0 aromatic rings. The first-order valence-corrected chi connectivity index (χ1v) is 4.98. The topological polar surface area (TPSA) is 29.5 Å². The molecule has 0 aliphatic rings. The van der Waals surface area contributed by atoms with Crippen LogP contribution in [-0.2, 0) is 9.53 Å². The summed E-state index contributed by atoms with van der Waals surface area (Å²) >= 11 is 0. The van der Waals surface area contributed by atoms with Crippen LogP contribution in [-0.4, -0.2) is 38.1 Å². The van der Waals surface area contributed by atoms with E-state index >= 15 is 0 Å². The highest BCUT2D eigenvalue weighted by atomic mass is 16.5. The summed E-state index contributed by atoms with van der Waals surface area (Å²) in [5, 5.41) is 0. The summed E-state index contributed by atoms with van der Waals surface area (Å²) in [6, 6.07) is 0. The minimum Gasteiger partial charge on any atom is -0.456 e. The molecule has 1 radical (unpaired) electrons. The number of hydrogen-bond donors (Lipinski definition) is 0. The van der Waals surface area contributed by atoms with Crippen LogP contribution in [0.1, 0.15) is 32.6 Å². The van der Waals surface area contributed by atoms with Crippen LogP contribution in [0.4, 0.5) is 0 Å². The Hall–Kier alpha value is -0.570. The lowest BCUT2D eigenvalue weighted by Crippen LogP contribution is -2.24. The molecule has 0 saturated heterocycles. The van der Waals surface area contributed by atoms with E-state index < -0.39 is 0 Å². The van der Waals surface area contributed by atoms with Crippen molar-refractivity contribution in [2.45, 2.75) is 32.6 Å². The molecule has 0 N–H and O–H groups in total. The Bertz CT molecular complexity index is 117. The Morgan fingerprint density at radius 3 is 2.62 bits per heavy atom. The van der Waals surface area contributed by atoms with Gasteiger partial charge in [0.25, 0.3) is 0 Å². The molecule has 0 bridgehead atoms. The molecule has 3 heteroatoms. The second-order valence-corrected chi connectivity index (χ2v) is 3.30. The van der Waals surface area contributed by atoms with E-state index in [1.165, 1.54) is 32.2 Å². The first-order chi connectivity index (χ1) is 6.31. The van der Waals surface area contributed by atoms with Gasteiger partial charge in [0.15, 0.2) is 0 Å². The summed E-state index contributed by atoms with van der Waals surface area (Å²) in [5.74, 6) is 0. The van der Waals surface area contributed by atoms with Gasteiger partial charge >= 0.3 is 6.47 Å². The molecule has 0 spiro atoms. The lowest BCUT2D eigenvalue weighted by atomic mass is 10.2. The van der Waals surface area contributed by atoms with Gasteiger partial charge in [-0.3, -0.25) is 0 Å². The summed E-state index contributed by atoms with van der Waals surface area (Å²) in [6.45, 7) is 5.97. The van der Waals surface area contributed by atoms with Crippen molar-refractivity contribution < 1.29 is 9.53 Å². The summed E-state index contributed by atoms with van der Waals surface area (Å²) in [4.78, 5) is 11.9. The van der Waals surface area contributed by atoms with Crippen molar-refractivity contribution in [3.63, 3.8) is 0 Å². The third-order valence-electron chi connectivity index (χ3n) is 2.03. The zero-order chi connectivity index (χ0) is 9.94. The van der Waals surface area contributed by atoms with E-state index in [-0.39, 0.29) is 0 Å². The van der Waals surface area contributed by atoms with Gasteiger partial charge in [0.05, 0.1) is 0 Å². The van der Waals surface area contributed by atoms with E-state index in [2.05, 4.69) is 16.6 Å². The molecule has 0 aromatic carbocycles. The van der Waals surface area contributed by atoms with Crippen LogP contribution in [0.3, 0.4) is 0 Å². The van der Waals surface area contributed by atoms with Crippen LogP contribution in [0.2, 0.25) is 0 Å². The molecular weight excluding hydrogens is 166 g/mol. The van der Waals surface area contributed by atoms with Crippen LogP contribution in [0.5, 0.6) is 0 Å². The average molecular weight is 186 g/mol. The second kappa shape index (κ2) is 9.52. The van der Waals surface area contributed by atoms with E-state index in [0.717, 1.165) is 13.1 Å². The maximum absolute atomic E-state index is 9.72.